The third-order valence-corrected chi connectivity index (χ3v) is 14.2. The molecule has 0 aromatic carbocycles. The zero-order valence-electron chi connectivity index (χ0n) is 44.1. The molecule has 12 nitrogen and oxygen atoms in total. The van der Waals surface area contributed by atoms with Crippen LogP contribution >= 0.6 is 0 Å². The van der Waals surface area contributed by atoms with E-state index in [4.69, 9.17) is 9.47 Å². The van der Waals surface area contributed by atoms with Crippen LogP contribution in [0.2, 0.25) is 0 Å². The maximum Gasteiger partial charge on any atom is 0.397 e. The third kappa shape index (κ3) is 38.8. The van der Waals surface area contributed by atoms with E-state index in [-0.39, 0.29) is 18.9 Å². The van der Waals surface area contributed by atoms with Crippen molar-refractivity contribution in [3.05, 3.63) is 24.3 Å². The maximum atomic E-state index is 13.1. The topological polar surface area (TPSA) is 192 Å². The van der Waals surface area contributed by atoms with Crippen LogP contribution < -0.4 is 5.32 Å². The van der Waals surface area contributed by atoms with E-state index in [1.54, 1.807) is 0 Å². The molecule has 0 bridgehead atoms. The molecule has 0 aromatic rings. The molecule has 1 aliphatic rings. The Hall–Kier alpha value is -1.42. The average Bonchev–Trinajstić information content (AvgIpc) is 3.32. The Bertz CT molecular complexity index is 1320. The van der Waals surface area contributed by atoms with Crippen LogP contribution in [0, 0.1) is 0 Å². The van der Waals surface area contributed by atoms with Gasteiger partial charge < -0.3 is 35.2 Å². The van der Waals surface area contributed by atoms with Gasteiger partial charge in [0, 0.05) is 6.42 Å². The standard InChI is InChI=1S/C56H107NO11S/c1-3-5-7-9-11-13-15-17-19-21-22-23-24-25-26-27-28-30-31-33-35-37-39-41-43-45-50(59)49(48-66-56-54(62)55(68-69(63,64)65)53(61)51(47-58)67-56)57-52(60)46-44-42-40-38-36-34-32-29-20-18-16-14-12-10-8-6-4-2/h12,14,18,20,49-51,53-56,58-59,61-62H,3-11,13,15-17,19,21-48H2,1-2H3,(H,57,60)(H,63,64,65)/b14-12-,20-18-. The number of amides is 1. The first-order chi connectivity index (χ1) is 33.5. The van der Waals surface area contributed by atoms with Crippen LogP contribution in [0.3, 0.4) is 0 Å². The summed E-state index contributed by atoms with van der Waals surface area (Å²) in [5.41, 5.74) is 0. The van der Waals surface area contributed by atoms with E-state index < -0.39 is 59.9 Å². The molecular weight excluding hydrogens is 895 g/mol. The molecular formula is C56H107NO11S. The van der Waals surface area contributed by atoms with Gasteiger partial charge in [-0.1, -0.05) is 244 Å². The van der Waals surface area contributed by atoms with E-state index in [1.807, 2.05) is 0 Å². The average molecular weight is 1000 g/mol. The lowest BCUT2D eigenvalue weighted by Crippen LogP contribution is -2.61. The third-order valence-electron chi connectivity index (χ3n) is 13.8. The van der Waals surface area contributed by atoms with Crippen LogP contribution in [0.5, 0.6) is 0 Å². The lowest BCUT2D eigenvalue weighted by molar-refractivity contribution is -0.298. The second-order valence-corrected chi connectivity index (χ2v) is 21.3. The molecule has 1 fully saturated rings. The lowest BCUT2D eigenvalue weighted by Gasteiger charge is -2.41. The molecule has 0 saturated carbocycles. The number of hydrogen-bond donors (Lipinski definition) is 6. The highest BCUT2D eigenvalue weighted by Gasteiger charge is 2.48. The predicted octanol–water partition coefficient (Wildman–Crippen LogP) is 13.2. The summed E-state index contributed by atoms with van der Waals surface area (Å²) in [6.07, 6.45) is 47.5. The zero-order chi connectivity index (χ0) is 50.5. The highest BCUT2D eigenvalue weighted by atomic mass is 32.3. The summed E-state index contributed by atoms with van der Waals surface area (Å²) in [5.74, 6) is -0.235. The molecule has 0 aromatic heterocycles. The molecule has 1 rings (SSSR count). The van der Waals surface area contributed by atoms with Gasteiger partial charge in [-0.05, 0) is 44.9 Å². The van der Waals surface area contributed by atoms with Crippen molar-refractivity contribution < 1.29 is 51.8 Å². The number of allylic oxidation sites excluding steroid dienone is 4. The molecule has 0 spiro atoms. The number of rotatable bonds is 50. The molecule has 0 aliphatic carbocycles. The fraction of sp³-hybridized carbons (Fsp3) is 0.911. The predicted molar refractivity (Wildman–Crippen MR) is 282 cm³/mol. The molecule has 1 heterocycles. The van der Waals surface area contributed by atoms with Crippen LogP contribution in [0.1, 0.15) is 271 Å². The van der Waals surface area contributed by atoms with Crippen molar-refractivity contribution in [3.63, 3.8) is 0 Å². The lowest BCUT2D eigenvalue weighted by atomic mass is 9.99. The van der Waals surface area contributed by atoms with Crippen LogP contribution in [0.4, 0.5) is 0 Å². The van der Waals surface area contributed by atoms with Gasteiger partial charge in [0.15, 0.2) is 6.29 Å². The van der Waals surface area contributed by atoms with Gasteiger partial charge in [0.1, 0.15) is 24.4 Å². The number of aliphatic hydroxyl groups is 4. The highest BCUT2D eigenvalue weighted by Crippen LogP contribution is 2.26. The number of aliphatic hydroxyl groups excluding tert-OH is 4. The van der Waals surface area contributed by atoms with Gasteiger partial charge in [0.2, 0.25) is 5.91 Å². The monoisotopic (exact) mass is 1000 g/mol. The summed E-state index contributed by atoms with van der Waals surface area (Å²) >= 11 is 0. The quantitative estimate of drug-likeness (QED) is 0.0193. The van der Waals surface area contributed by atoms with Gasteiger partial charge in [-0.3, -0.25) is 9.35 Å². The Kier molecular flexibility index (Phi) is 44.1. The second kappa shape index (κ2) is 46.4. The van der Waals surface area contributed by atoms with E-state index in [0.29, 0.717) is 12.8 Å². The first kappa shape index (κ1) is 65.6. The Morgan fingerprint density at radius 3 is 1.41 bits per heavy atom. The SMILES string of the molecule is CCCCC/C=C\C/C=C\CCCCCCCCCC(=O)NC(COC1OC(CO)C(O)C(OS(=O)(=O)O)C1O)C(O)CCCCCCCCCCCCCCCCCCCCCCCCCCC. The van der Waals surface area contributed by atoms with E-state index in [0.717, 1.165) is 57.8 Å². The highest BCUT2D eigenvalue weighted by molar-refractivity contribution is 7.80. The molecule has 1 amide bonds. The van der Waals surface area contributed by atoms with E-state index in [2.05, 4.69) is 47.7 Å². The van der Waals surface area contributed by atoms with E-state index in [1.165, 1.54) is 180 Å². The molecule has 69 heavy (non-hydrogen) atoms. The summed E-state index contributed by atoms with van der Waals surface area (Å²) in [7, 11) is -5.08. The Balaban J connectivity index is 2.34. The fourth-order valence-corrected chi connectivity index (χ4v) is 9.82. The van der Waals surface area contributed by atoms with Crippen LogP contribution in [-0.4, -0.2) is 95.4 Å². The van der Waals surface area contributed by atoms with Crippen LogP contribution in [0.15, 0.2) is 24.3 Å². The van der Waals surface area contributed by atoms with Crippen molar-refractivity contribution in [1.29, 1.82) is 0 Å². The second-order valence-electron chi connectivity index (χ2n) is 20.2. The minimum Gasteiger partial charge on any atom is -0.394 e. The van der Waals surface area contributed by atoms with Crippen molar-refractivity contribution in [3.8, 4) is 0 Å². The van der Waals surface area contributed by atoms with Gasteiger partial charge >= 0.3 is 10.4 Å². The molecule has 0 radical (unpaired) electrons. The van der Waals surface area contributed by atoms with Crippen molar-refractivity contribution in [2.45, 2.75) is 314 Å². The zero-order valence-corrected chi connectivity index (χ0v) is 45.0. The van der Waals surface area contributed by atoms with E-state index in [9.17, 15) is 38.2 Å². The fourth-order valence-electron chi connectivity index (χ4n) is 9.32. The summed E-state index contributed by atoms with van der Waals surface area (Å²) in [6, 6.07) is -0.862. The maximum absolute atomic E-state index is 13.1. The molecule has 1 aliphatic heterocycles. The smallest absolute Gasteiger partial charge is 0.394 e. The number of nitrogens with one attached hydrogen (secondary N) is 1. The Morgan fingerprint density at radius 1 is 0.580 bits per heavy atom. The summed E-state index contributed by atoms with van der Waals surface area (Å²) in [5, 5.41) is 45.1. The summed E-state index contributed by atoms with van der Waals surface area (Å²) in [4.78, 5) is 13.1. The minimum atomic E-state index is -5.08. The van der Waals surface area contributed by atoms with Gasteiger partial charge in [-0.25, -0.2) is 4.18 Å². The normalized spacial score (nSPS) is 19.8. The van der Waals surface area contributed by atoms with Gasteiger partial charge in [0.05, 0.1) is 25.4 Å². The summed E-state index contributed by atoms with van der Waals surface area (Å²) in [6.45, 7) is 3.46. The Morgan fingerprint density at radius 2 is 0.971 bits per heavy atom. The van der Waals surface area contributed by atoms with Crippen molar-refractivity contribution >= 4 is 16.3 Å². The molecule has 13 heteroatoms. The number of carbonyl (C=O) groups is 1. The number of carbonyl (C=O) groups excluding carboxylic acids is 1. The number of hydrogen-bond acceptors (Lipinski definition) is 10. The molecule has 408 valence electrons. The molecule has 7 atom stereocenters. The Labute approximate surface area is 422 Å². The van der Waals surface area contributed by atoms with E-state index >= 15 is 0 Å². The minimum absolute atomic E-state index is 0.235. The summed E-state index contributed by atoms with van der Waals surface area (Å²) < 4.78 is 47.9. The first-order valence-electron chi connectivity index (χ1n) is 28.7. The van der Waals surface area contributed by atoms with Crippen molar-refractivity contribution in [2.24, 2.45) is 0 Å². The van der Waals surface area contributed by atoms with Gasteiger partial charge in [-0.15, -0.1) is 0 Å². The van der Waals surface area contributed by atoms with Crippen molar-refractivity contribution in [2.75, 3.05) is 13.2 Å². The first-order valence-corrected chi connectivity index (χ1v) is 30.1. The van der Waals surface area contributed by atoms with Gasteiger partial charge in [-0.2, -0.15) is 8.42 Å². The molecule has 7 unspecified atom stereocenters. The largest absolute Gasteiger partial charge is 0.397 e. The molecule has 6 N–H and O–H groups in total. The van der Waals surface area contributed by atoms with Crippen molar-refractivity contribution in [1.82, 2.24) is 5.32 Å². The van der Waals surface area contributed by atoms with Gasteiger partial charge in [0.25, 0.3) is 0 Å². The van der Waals surface area contributed by atoms with Crippen LogP contribution in [-0.2, 0) is 28.9 Å². The molecule has 1 saturated heterocycles. The number of unbranched alkanes of at least 4 members (excludes halogenated alkanes) is 34. The van der Waals surface area contributed by atoms with Crippen LogP contribution in [0.25, 0.3) is 0 Å². The number of ether oxygens (including phenoxy) is 2.